The highest BCUT2D eigenvalue weighted by atomic mass is 19.4. The van der Waals surface area contributed by atoms with Crippen LogP contribution >= 0.6 is 0 Å². The summed E-state index contributed by atoms with van der Waals surface area (Å²) < 4.78 is 43.2. The minimum Gasteiger partial charge on any atom is -0.406 e. The van der Waals surface area contributed by atoms with Crippen molar-refractivity contribution in [3.05, 3.63) is 58.5 Å². The molecule has 142 valence electrons. The standard InChI is InChI=1S/C18H16F3N3O3/c1-23-14-8-5-12(10-15(14)24(2)17(23)26)22-16(25)9-11-3-6-13(7-4-11)27-18(19,20)21/h3-8,10H,9H2,1-2H3,(H,22,25). The molecule has 27 heavy (non-hydrogen) atoms. The number of hydrogen-bond donors (Lipinski definition) is 1. The molecule has 0 radical (unpaired) electrons. The zero-order chi connectivity index (χ0) is 19.8. The Balaban J connectivity index is 1.70. The van der Waals surface area contributed by atoms with Gasteiger partial charge in [0.25, 0.3) is 0 Å². The molecule has 1 aromatic heterocycles. The third-order valence-electron chi connectivity index (χ3n) is 4.08. The van der Waals surface area contributed by atoms with E-state index in [1.54, 1.807) is 32.3 Å². The Bertz CT molecular complexity index is 1050. The van der Waals surface area contributed by atoms with E-state index in [9.17, 15) is 22.8 Å². The molecule has 6 nitrogen and oxygen atoms in total. The van der Waals surface area contributed by atoms with Gasteiger partial charge in [-0.25, -0.2) is 4.79 Å². The van der Waals surface area contributed by atoms with Crippen molar-refractivity contribution in [1.29, 1.82) is 0 Å². The highest BCUT2D eigenvalue weighted by molar-refractivity contribution is 5.94. The fraction of sp³-hybridized carbons (Fsp3) is 0.222. The molecule has 0 atom stereocenters. The number of carbonyl (C=O) groups is 1. The number of rotatable bonds is 4. The molecule has 1 heterocycles. The number of fused-ring (bicyclic) bond motifs is 1. The number of alkyl halides is 3. The van der Waals surface area contributed by atoms with Crippen LogP contribution < -0.4 is 15.7 Å². The number of halogens is 3. The lowest BCUT2D eigenvalue weighted by atomic mass is 10.1. The number of aromatic nitrogens is 2. The summed E-state index contributed by atoms with van der Waals surface area (Å²) in [4.78, 5) is 24.1. The quantitative estimate of drug-likeness (QED) is 0.758. The number of benzene rings is 2. The van der Waals surface area contributed by atoms with Crippen LogP contribution in [0.25, 0.3) is 11.0 Å². The first-order chi connectivity index (χ1) is 12.6. The van der Waals surface area contributed by atoms with Crippen LogP contribution in [0, 0.1) is 0 Å². The first-order valence-electron chi connectivity index (χ1n) is 7.94. The lowest BCUT2D eigenvalue weighted by Crippen LogP contribution is -2.19. The SMILES string of the molecule is Cn1c(=O)n(C)c2cc(NC(=O)Cc3ccc(OC(F)(F)F)cc3)ccc21. The predicted molar refractivity (Wildman–Crippen MR) is 93.6 cm³/mol. The third kappa shape index (κ3) is 4.13. The zero-order valence-electron chi connectivity index (χ0n) is 14.5. The van der Waals surface area contributed by atoms with E-state index in [1.165, 1.54) is 21.3 Å². The van der Waals surface area contributed by atoms with Crippen molar-refractivity contribution >= 4 is 22.6 Å². The highest BCUT2D eigenvalue weighted by Crippen LogP contribution is 2.23. The second-order valence-corrected chi connectivity index (χ2v) is 6.02. The van der Waals surface area contributed by atoms with E-state index in [4.69, 9.17) is 0 Å². The molecule has 0 saturated heterocycles. The molecular formula is C18H16F3N3O3. The van der Waals surface area contributed by atoms with E-state index in [1.807, 2.05) is 0 Å². The Morgan fingerprint density at radius 2 is 1.67 bits per heavy atom. The Hall–Kier alpha value is -3.23. The van der Waals surface area contributed by atoms with Crippen LogP contribution in [-0.2, 0) is 25.3 Å². The molecule has 0 saturated carbocycles. The predicted octanol–water partition coefficient (Wildman–Crippen LogP) is 2.96. The van der Waals surface area contributed by atoms with E-state index in [0.29, 0.717) is 16.8 Å². The van der Waals surface area contributed by atoms with Gasteiger partial charge < -0.3 is 10.1 Å². The molecule has 2 aromatic carbocycles. The smallest absolute Gasteiger partial charge is 0.406 e. The zero-order valence-corrected chi connectivity index (χ0v) is 14.5. The largest absolute Gasteiger partial charge is 0.573 e. The minimum atomic E-state index is -4.75. The molecule has 0 bridgehead atoms. The van der Waals surface area contributed by atoms with Gasteiger partial charge in [-0.3, -0.25) is 13.9 Å². The van der Waals surface area contributed by atoms with Gasteiger partial charge in [0.2, 0.25) is 5.91 Å². The van der Waals surface area contributed by atoms with Crippen molar-refractivity contribution in [3.63, 3.8) is 0 Å². The van der Waals surface area contributed by atoms with Crippen molar-refractivity contribution in [2.75, 3.05) is 5.32 Å². The van der Waals surface area contributed by atoms with E-state index < -0.39 is 6.36 Å². The Morgan fingerprint density at radius 1 is 1.04 bits per heavy atom. The molecule has 3 aromatic rings. The molecule has 1 amide bonds. The van der Waals surface area contributed by atoms with Gasteiger partial charge in [-0.1, -0.05) is 12.1 Å². The van der Waals surface area contributed by atoms with Gasteiger partial charge in [0.05, 0.1) is 17.5 Å². The highest BCUT2D eigenvalue weighted by Gasteiger charge is 2.30. The number of nitrogens with zero attached hydrogens (tertiary/aromatic N) is 2. The van der Waals surface area contributed by atoms with Crippen LogP contribution in [-0.4, -0.2) is 21.4 Å². The molecule has 9 heteroatoms. The number of nitrogens with one attached hydrogen (secondary N) is 1. The Morgan fingerprint density at radius 3 is 2.30 bits per heavy atom. The van der Waals surface area contributed by atoms with Gasteiger partial charge in [-0.15, -0.1) is 13.2 Å². The summed E-state index contributed by atoms with van der Waals surface area (Å²) in [5.41, 5.74) is 2.30. The van der Waals surface area contributed by atoms with Crippen molar-refractivity contribution < 1.29 is 22.7 Å². The Kier molecular flexibility index (Phi) is 4.69. The minimum absolute atomic E-state index is 0.0158. The molecule has 0 fully saturated rings. The summed E-state index contributed by atoms with van der Waals surface area (Å²) in [5, 5.41) is 2.72. The molecule has 1 N–H and O–H groups in total. The maximum Gasteiger partial charge on any atom is 0.573 e. The molecular weight excluding hydrogens is 363 g/mol. The van der Waals surface area contributed by atoms with Crippen molar-refractivity contribution in [2.45, 2.75) is 12.8 Å². The fourth-order valence-electron chi connectivity index (χ4n) is 2.78. The summed E-state index contributed by atoms with van der Waals surface area (Å²) in [5.74, 6) is -0.679. The van der Waals surface area contributed by atoms with E-state index in [-0.39, 0.29) is 23.8 Å². The number of aryl methyl sites for hydroxylation is 2. The topological polar surface area (TPSA) is 65.3 Å². The van der Waals surface area contributed by atoms with E-state index in [0.717, 1.165) is 17.6 Å². The molecule has 0 unspecified atom stereocenters. The molecule has 0 aliphatic carbocycles. The average Bonchev–Trinajstić information content (AvgIpc) is 2.80. The lowest BCUT2D eigenvalue weighted by Gasteiger charge is -2.09. The van der Waals surface area contributed by atoms with E-state index in [2.05, 4.69) is 10.1 Å². The number of anilines is 1. The number of amides is 1. The molecule has 0 spiro atoms. The maximum atomic E-state index is 12.2. The van der Waals surface area contributed by atoms with E-state index >= 15 is 0 Å². The van der Waals surface area contributed by atoms with Crippen molar-refractivity contribution in [2.24, 2.45) is 14.1 Å². The van der Waals surface area contributed by atoms with Crippen LogP contribution in [0.4, 0.5) is 18.9 Å². The second-order valence-electron chi connectivity index (χ2n) is 6.02. The summed E-state index contributed by atoms with van der Waals surface area (Å²) in [7, 11) is 3.30. The van der Waals surface area contributed by atoms with Gasteiger partial charge in [0.15, 0.2) is 0 Å². The van der Waals surface area contributed by atoms with Crippen LogP contribution in [0.3, 0.4) is 0 Å². The first-order valence-corrected chi connectivity index (χ1v) is 7.94. The first kappa shape index (κ1) is 18.6. The van der Waals surface area contributed by atoms with Gasteiger partial charge >= 0.3 is 12.1 Å². The average molecular weight is 379 g/mol. The Labute approximate surface area is 151 Å². The van der Waals surface area contributed by atoms with Gasteiger partial charge in [0.1, 0.15) is 5.75 Å². The van der Waals surface area contributed by atoms with Gasteiger partial charge in [-0.2, -0.15) is 0 Å². The second kappa shape index (κ2) is 6.82. The summed E-state index contributed by atoms with van der Waals surface area (Å²) in [6.07, 6.45) is -4.77. The van der Waals surface area contributed by atoms with Crippen LogP contribution in [0.5, 0.6) is 5.75 Å². The van der Waals surface area contributed by atoms with Crippen LogP contribution in [0.15, 0.2) is 47.3 Å². The third-order valence-corrected chi connectivity index (χ3v) is 4.08. The van der Waals surface area contributed by atoms with Crippen LogP contribution in [0.1, 0.15) is 5.56 Å². The number of hydrogen-bond acceptors (Lipinski definition) is 3. The number of carbonyl (C=O) groups excluding carboxylic acids is 1. The normalized spacial score (nSPS) is 11.6. The summed E-state index contributed by atoms with van der Waals surface area (Å²) >= 11 is 0. The monoisotopic (exact) mass is 379 g/mol. The maximum absolute atomic E-state index is 12.2. The molecule has 3 rings (SSSR count). The number of imidazole rings is 1. The number of ether oxygens (including phenoxy) is 1. The van der Waals surface area contributed by atoms with Crippen molar-refractivity contribution in [3.8, 4) is 5.75 Å². The van der Waals surface area contributed by atoms with Gasteiger partial charge in [0, 0.05) is 19.8 Å². The summed E-state index contributed by atoms with van der Waals surface area (Å²) in [6, 6.07) is 10.2. The molecule has 0 aliphatic heterocycles. The van der Waals surface area contributed by atoms with Crippen LogP contribution in [0.2, 0.25) is 0 Å². The van der Waals surface area contributed by atoms with Crippen molar-refractivity contribution in [1.82, 2.24) is 9.13 Å². The summed E-state index contributed by atoms with van der Waals surface area (Å²) in [6.45, 7) is 0. The molecule has 0 aliphatic rings. The fourth-order valence-corrected chi connectivity index (χ4v) is 2.78. The lowest BCUT2D eigenvalue weighted by molar-refractivity contribution is -0.274. The van der Waals surface area contributed by atoms with Gasteiger partial charge in [-0.05, 0) is 35.9 Å².